The minimum atomic E-state index is -0.000485. The molecular weight excluding hydrogens is 520 g/mol. The van der Waals surface area contributed by atoms with E-state index in [0.29, 0.717) is 32.0 Å². The van der Waals surface area contributed by atoms with Gasteiger partial charge in [0.05, 0.1) is 13.2 Å². The smallest absolute Gasteiger partial charge is 0.306 e. The van der Waals surface area contributed by atoms with Crippen LogP contribution in [0.1, 0.15) is 202 Å². The molecule has 0 spiro atoms. The minimum absolute atomic E-state index is 0.000485. The van der Waals surface area contributed by atoms with E-state index in [0.717, 1.165) is 43.9 Å². The van der Waals surface area contributed by atoms with Gasteiger partial charge in [-0.1, -0.05) is 163 Å². The SMILES string of the molecule is CCC(CCCCCCCCCCCCCCCCC(=O)OCCCCCC(C)C)CC(=O)OCCCCCC(C)C. The Labute approximate surface area is 263 Å². The summed E-state index contributed by atoms with van der Waals surface area (Å²) in [6, 6.07) is 0. The van der Waals surface area contributed by atoms with Gasteiger partial charge in [0.2, 0.25) is 0 Å². The normalized spacial score (nSPS) is 12.3. The summed E-state index contributed by atoms with van der Waals surface area (Å²) < 4.78 is 10.9. The van der Waals surface area contributed by atoms with Gasteiger partial charge >= 0.3 is 11.9 Å². The number of rotatable bonds is 32. The van der Waals surface area contributed by atoms with Crippen LogP contribution in [-0.4, -0.2) is 25.2 Å². The van der Waals surface area contributed by atoms with E-state index in [-0.39, 0.29) is 11.9 Å². The summed E-state index contributed by atoms with van der Waals surface area (Å²) in [5, 5.41) is 0. The number of hydrogen-bond donors (Lipinski definition) is 0. The van der Waals surface area contributed by atoms with Crippen molar-refractivity contribution in [1.82, 2.24) is 0 Å². The summed E-state index contributed by atoms with van der Waals surface area (Å²) in [5.41, 5.74) is 0. The Kier molecular flexibility index (Phi) is 30.6. The maximum atomic E-state index is 12.2. The molecule has 0 aliphatic heterocycles. The fourth-order valence-corrected chi connectivity index (χ4v) is 5.68. The van der Waals surface area contributed by atoms with Crippen LogP contribution in [0.5, 0.6) is 0 Å². The molecule has 0 rings (SSSR count). The van der Waals surface area contributed by atoms with Crippen molar-refractivity contribution in [2.45, 2.75) is 202 Å². The molecule has 0 amide bonds. The summed E-state index contributed by atoms with van der Waals surface area (Å²) in [4.78, 5) is 24.0. The van der Waals surface area contributed by atoms with Gasteiger partial charge in [-0.15, -0.1) is 0 Å². The lowest BCUT2D eigenvalue weighted by molar-refractivity contribution is -0.145. The van der Waals surface area contributed by atoms with Gasteiger partial charge in [0.1, 0.15) is 0 Å². The molecule has 0 radical (unpaired) electrons. The number of unbranched alkanes of at least 4 members (excludes halogenated alkanes) is 17. The summed E-state index contributed by atoms with van der Waals surface area (Å²) in [6.45, 7) is 12.5. The van der Waals surface area contributed by atoms with E-state index in [9.17, 15) is 9.59 Å². The molecule has 1 unspecified atom stereocenters. The van der Waals surface area contributed by atoms with Crippen LogP contribution in [0.25, 0.3) is 0 Å². The molecule has 42 heavy (non-hydrogen) atoms. The van der Waals surface area contributed by atoms with Gasteiger partial charge in [-0.3, -0.25) is 9.59 Å². The second kappa shape index (κ2) is 31.4. The van der Waals surface area contributed by atoms with E-state index in [2.05, 4.69) is 34.6 Å². The molecule has 0 saturated carbocycles. The van der Waals surface area contributed by atoms with Crippen molar-refractivity contribution >= 4 is 11.9 Å². The Bertz CT molecular complexity index is 586. The number of hydrogen-bond acceptors (Lipinski definition) is 4. The van der Waals surface area contributed by atoms with Gasteiger partial charge in [-0.2, -0.15) is 0 Å². The molecule has 0 aliphatic carbocycles. The summed E-state index contributed by atoms with van der Waals surface area (Å²) in [7, 11) is 0. The van der Waals surface area contributed by atoms with Crippen molar-refractivity contribution in [3.05, 3.63) is 0 Å². The van der Waals surface area contributed by atoms with E-state index >= 15 is 0 Å². The van der Waals surface area contributed by atoms with Crippen molar-refractivity contribution in [2.24, 2.45) is 17.8 Å². The molecule has 0 aromatic carbocycles. The lowest BCUT2D eigenvalue weighted by Crippen LogP contribution is -2.12. The second-order valence-electron chi connectivity index (χ2n) is 13.9. The van der Waals surface area contributed by atoms with Gasteiger partial charge in [0, 0.05) is 12.8 Å². The van der Waals surface area contributed by atoms with E-state index in [4.69, 9.17) is 9.47 Å². The summed E-state index contributed by atoms with van der Waals surface area (Å²) in [6.07, 6.45) is 31.0. The molecule has 0 aromatic heterocycles. The Morgan fingerprint density at radius 1 is 0.452 bits per heavy atom. The molecule has 250 valence electrons. The monoisotopic (exact) mass is 595 g/mol. The zero-order valence-corrected chi connectivity index (χ0v) is 29.2. The summed E-state index contributed by atoms with van der Waals surface area (Å²) in [5.74, 6) is 2.05. The molecule has 4 nitrogen and oxygen atoms in total. The summed E-state index contributed by atoms with van der Waals surface area (Å²) >= 11 is 0. The third-order valence-corrected chi connectivity index (χ3v) is 8.65. The number of carbonyl (C=O) groups is 2. The van der Waals surface area contributed by atoms with Crippen molar-refractivity contribution in [3.63, 3.8) is 0 Å². The Balaban J connectivity index is 3.38. The van der Waals surface area contributed by atoms with Gasteiger partial charge < -0.3 is 9.47 Å². The quantitative estimate of drug-likeness (QED) is 0.0574. The van der Waals surface area contributed by atoms with Crippen LogP contribution in [-0.2, 0) is 19.1 Å². The first-order valence-corrected chi connectivity index (χ1v) is 18.7. The second-order valence-corrected chi connectivity index (χ2v) is 13.9. The molecule has 4 heteroatoms. The van der Waals surface area contributed by atoms with Crippen LogP contribution in [0.3, 0.4) is 0 Å². The van der Waals surface area contributed by atoms with Crippen molar-refractivity contribution in [2.75, 3.05) is 13.2 Å². The predicted molar refractivity (Wildman–Crippen MR) is 181 cm³/mol. The first-order valence-electron chi connectivity index (χ1n) is 18.7. The Hall–Kier alpha value is -1.06. The van der Waals surface area contributed by atoms with Gasteiger partial charge in [-0.05, 0) is 43.4 Å². The molecule has 0 aromatic rings. The topological polar surface area (TPSA) is 52.6 Å². The van der Waals surface area contributed by atoms with Crippen molar-refractivity contribution in [3.8, 4) is 0 Å². The maximum Gasteiger partial charge on any atom is 0.306 e. The lowest BCUT2D eigenvalue weighted by atomic mass is 9.95. The maximum absolute atomic E-state index is 12.2. The highest BCUT2D eigenvalue weighted by molar-refractivity contribution is 5.69. The highest BCUT2D eigenvalue weighted by Gasteiger charge is 2.13. The number of carbonyl (C=O) groups excluding carboxylic acids is 2. The lowest BCUT2D eigenvalue weighted by Gasteiger charge is -2.14. The van der Waals surface area contributed by atoms with Crippen LogP contribution in [0.2, 0.25) is 0 Å². The Morgan fingerprint density at radius 3 is 1.24 bits per heavy atom. The molecule has 0 bridgehead atoms. The average molecular weight is 595 g/mol. The van der Waals surface area contributed by atoms with E-state index < -0.39 is 0 Å². The molecular formula is C38H74O4. The molecule has 0 fully saturated rings. The van der Waals surface area contributed by atoms with Crippen LogP contribution in [0.4, 0.5) is 0 Å². The standard InChI is InChI=1S/C38H74O4/c1-6-36(33-38(40)42-32-26-20-22-28-35(4)5)29-23-17-15-13-11-9-7-8-10-12-14-16-18-24-30-37(39)41-31-25-19-21-27-34(2)3/h34-36H,6-33H2,1-5H3. The zero-order valence-electron chi connectivity index (χ0n) is 29.2. The van der Waals surface area contributed by atoms with Crippen molar-refractivity contribution in [1.29, 1.82) is 0 Å². The average Bonchev–Trinajstić information content (AvgIpc) is 2.95. The molecule has 0 N–H and O–H groups in total. The molecule has 1 atom stereocenters. The third kappa shape index (κ3) is 31.9. The van der Waals surface area contributed by atoms with Crippen LogP contribution >= 0.6 is 0 Å². The minimum Gasteiger partial charge on any atom is -0.466 e. The third-order valence-electron chi connectivity index (χ3n) is 8.65. The van der Waals surface area contributed by atoms with Gasteiger partial charge in [0.15, 0.2) is 0 Å². The predicted octanol–water partition coefficient (Wildman–Crippen LogP) is 12.2. The van der Waals surface area contributed by atoms with Crippen LogP contribution in [0.15, 0.2) is 0 Å². The fraction of sp³-hybridized carbons (Fsp3) is 0.947. The largest absolute Gasteiger partial charge is 0.466 e. The number of esters is 2. The van der Waals surface area contributed by atoms with E-state index in [1.807, 2.05) is 0 Å². The molecule has 0 aliphatic rings. The zero-order chi connectivity index (χ0) is 31.1. The highest BCUT2D eigenvalue weighted by atomic mass is 16.5. The van der Waals surface area contributed by atoms with Gasteiger partial charge in [-0.25, -0.2) is 0 Å². The highest BCUT2D eigenvalue weighted by Crippen LogP contribution is 2.20. The fourth-order valence-electron chi connectivity index (χ4n) is 5.68. The van der Waals surface area contributed by atoms with Crippen LogP contribution < -0.4 is 0 Å². The van der Waals surface area contributed by atoms with Crippen LogP contribution in [0, 0.1) is 17.8 Å². The number of ether oxygens (including phenoxy) is 2. The van der Waals surface area contributed by atoms with E-state index in [1.54, 1.807) is 0 Å². The molecule has 0 heterocycles. The van der Waals surface area contributed by atoms with Gasteiger partial charge in [0.25, 0.3) is 0 Å². The first-order chi connectivity index (χ1) is 20.3. The molecule has 0 saturated heterocycles. The van der Waals surface area contributed by atoms with Crippen molar-refractivity contribution < 1.29 is 19.1 Å². The van der Waals surface area contributed by atoms with E-state index in [1.165, 1.54) is 122 Å². The first kappa shape index (κ1) is 40.9. The Morgan fingerprint density at radius 2 is 0.810 bits per heavy atom.